The van der Waals surface area contributed by atoms with E-state index in [1.165, 1.54) is 0 Å². The zero-order chi connectivity index (χ0) is 17.1. The van der Waals surface area contributed by atoms with Crippen LogP contribution < -0.4 is 5.32 Å². The molecular formula is C16H15N3O5. The van der Waals surface area contributed by atoms with Gasteiger partial charge in [0.05, 0.1) is 0 Å². The number of rotatable bonds is 4. The number of imide groups is 1. The van der Waals surface area contributed by atoms with E-state index >= 15 is 0 Å². The van der Waals surface area contributed by atoms with Gasteiger partial charge in [0.2, 0.25) is 5.89 Å². The van der Waals surface area contributed by atoms with E-state index in [1.54, 1.807) is 19.1 Å². The smallest absolute Gasteiger partial charge is 0.361 e. The average Bonchev–Trinajstić information content (AvgIpc) is 3.19. The highest BCUT2D eigenvalue weighted by Crippen LogP contribution is 2.21. The van der Waals surface area contributed by atoms with Gasteiger partial charge in [0.25, 0.3) is 5.91 Å². The molecule has 0 unspecified atom stereocenters. The standard InChI is InChI=1S/C16H15N3O5/c1-10-13(18-14(24-10)11-5-3-2-4-6-11)15(21)23-9-12(20)19-8-7-17-16(19)22/h2-6H,7-9H2,1H3,(H,17,22). The Morgan fingerprint density at radius 1 is 1.33 bits per heavy atom. The normalized spacial score (nSPS) is 13.7. The molecule has 24 heavy (non-hydrogen) atoms. The Hall–Kier alpha value is -3.16. The fourth-order valence-corrected chi connectivity index (χ4v) is 2.27. The number of nitrogens with one attached hydrogen (secondary N) is 1. The number of benzene rings is 1. The molecule has 2 heterocycles. The molecule has 1 fully saturated rings. The van der Waals surface area contributed by atoms with Gasteiger partial charge in [-0.05, 0) is 19.1 Å². The minimum Gasteiger partial charge on any atom is -0.451 e. The van der Waals surface area contributed by atoms with E-state index in [9.17, 15) is 14.4 Å². The number of aryl methyl sites for hydroxylation is 1. The van der Waals surface area contributed by atoms with E-state index in [0.29, 0.717) is 18.2 Å². The molecule has 8 nitrogen and oxygen atoms in total. The van der Waals surface area contributed by atoms with Crippen molar-refractivity contribution >= 4 is 17.9 Å². The maximum Gasteiger partial charge on any atom is 0.361 e. The molecule has 2 aromatic rings. The van der Waals surface area contributed by atoms with Crippen LogP contribution in [0.4, 0.5) is 4.79 Å². The van der Waals surface area contributed by atoms with Crippen molar-refractivity contribution in [3.63, 3.8) is 0 Å². The van der Waals surface area contributed by atoms with Gasteiger partial charge in [-0.25, -0.2) is 14.6 Å². The number of urea groups is 1. The second-order valence-corrected chi connectivity index (χ2v) is 5.14. The molecule has 1 aliphatic rings. The lowest BCUT2D eigenvalue weighted by atomic mass is 10.2. The lowest BCUT2D eigenvalue weighted by molar-refractivity contribution is -0.130. The van der Waals surface area contributed by atoms with Gasteiger partial charge in [-0.2, -0.15) is 0 Å². The molecule has 1 N–H and O–H groups in total. The largest absolute Gasteiger partial charge is 0.451 e. The number of ether oxygens (including phenoxy) is 1. The highest BCUT2D eigenvalue weighted by Gasteiger charge is 2.28. The summed E-state index contributed by atoms with van der Waals surface area (Å²) in [5.74, 6) is -0.760. The van der Waals surface area contributed by atoms with Crippen molar-refractivity contribution in [1.29, 1.82) is 0 Å². The predicted molar refractivity (Wildman–Crippen MR) is 82.1 cm³/mol. The minimum absolute atomic E-state index is 0.00697. The Bertz CT molecular complexity index is 784. The summed E-state index contributed by atoms with van der Waals surface area (Å²) in [6, 6.07) is 8.62. The van der Waals surface area contributed by atoms with Gasteiger partial charge in [0.1, 0.15) is 5.76 Å². The van der Waals surface area contributed by atoms with Crippen molar-refractivity contribution in [2.24, 2.45) is 0 Å². The summed E-state index contributed by atoms with van der Waals surface area (Å²) in [5.41, 5.74) is 0.733. The number of nitrogens with zero attached hydrogens (tertiary/aromatic N) is 2. The number of carbonyl (C=O) groups excluding carboxylic acids is 3. The van der Waals surface area contributed by atoms with Crippen LogP contribution in [0.5, 0.6) is 0 Å². The fraction of sp³-hybridized carbons (Fsp3) is 0.250. The summed E-state index contributed by atoms with van der Waals surface area (Å²) in [4.78, 5) is 40.4. The molecule has 3 rings (SSSR count). The topological polar surface area (TPSA) is 102 Å². The molecule has 0 atom stereocenters. The Morgan fingerprint density at radius 3 is 2.75 bits per heavy atom. The average molecular weight is 329 g/mol. The summed E-state index contributed by atoms with van der Waals surface area (Å²) in [7, 11) is 0. The Labute approximate surface area is 137 Å². The van der Waals surface area contributed by atoms with Crippen molar-refractivity contribution < 1.29 is 23.5 Å². The third-order valence-corrected chi connectivity index (χ3v) is 3.50. The van der Waals surface area contributed by atoms with Gasteiger partial charge in [0.15, 0.2) is 12.3 Å². The zero-order valence-corrected chi connectivity index (χ0v) is 12.9. The molecule has 0 spiro atoms. The van der Waals surface area contributed by atoms with Crippen LogP contribution in [-0.4, -0.2) is 47.5 Å². The third kappa shape index (κ3) is 3.12. The molecule has 1 aromatic heterocycles. The van der Waals surface area contributed by atoms with Gasteiger partial charge in [-0.1, -0.05) is 18.2 Å². The first-order chi connectivity index (χ1) is 11.6. The van der Waals surface area contributed by atoms with E-state index < -0.39 is 24.5 Å². The molecule has 1 aromatic carbocycles. The van der Waals surface area contributed by atoms with Crippen molar-refractivity contribution in [1.82, 2.24) is 15.2 Å². The fourth-order valence-electron chi connectivity index (χ4n) is 2.27. The van der Waals surface area contributed by atoms with Gasteiger partial charge in [-0.15, -0.1) is 0 Å². The highest BCUT2D eigenvalue weighted by molar-refractivity contribution is 5.98. The van der Waals surface area contributed by atoms with E-state index in [1.807, 2.05) is 18.2 Å². The first-order valence-corrected chi connectivity index (χ1v) is 7.34. The van der Waals surface area contributed by atoms with Crippen LogP contribution in [0.2, 0.25) is 0 Å². The van der Waals surface area contributed by atoms with Crippen LogP contribution >= 0.6 is 0 Å². The van der Waals surface area contributed by atoms with E-state index in [0.717, 1.165) is 10.5 Å². The number of esters is 1. The number of carbonyl (C=O) groups is 3. The summed E-state index contributed by atoms with van der Waals surface area (Å²) in [5, 5.41) is 2.50. The van der Waals surface area contributed by atoms with E-state index in [4.69, 9.17) is 9.15 Å². The summed E-state index contributed by atoms with van der Waals surface area (Å²) in [6.07, 6.45) is 0. The minimum atomic E-state index is -0.772. The number of hydrogen-bond donors (Lipinski definition) is 1. The molecule has 1 aliphatic heterocycles. The molecule has 124 valence electrons. The van der Waals surface area contributed by atoms with Gasteiger partial charge in [-0.3, -0.25) is 9.69 Å². The van der Waals surface area contributed by atoms with Crippen molar-refractivity contribution in [3.8, 4) is 11.5 Å². The van der Waals surface area contributed by atoms with Crippen molar-refractivity contribution in [3.05, 3.63) is 41.8 Å². The first-order valence-electron chi connectivity index (χ1n) is 7.34. The first kappa shape index (κ1) is 15.7. The van der Waals surface area contributed by atoms with Gasteiger partial charge >= 0.3 is 12.0 Å². The van der Waals surface area contributed by atoms with Crippen LogP contribution in [0.1, 0.15) is 16.2 Å². The number of aromatic nitrogens is 1. The number of amides is 3. The predicted octanol–water partition coefficient (Wildman–Crippen LogP) is 1.36. The lowest BCUT2D eigenvalue weighted by Gasteiger charge is -2.11. The van der Waals surface area contributed by atoms with Gasteiger partial charge < -0.3 is 14.5 Å². The van der Waals surface area contributed by atoms with Crippen molar-refractivity contribution in [2.75, 3.05) is 19.7 Å². The molecule has 0 saturated carbocycles. The van der Waals surface area contributed by atoms with Crippen molar-refractivity contribution in [2.45, 2.75) is 6.92 Å². The van der Waals surface area contributed by atoms with Crippen LogP contribution in [0.3, 0.4) is 0 Å². The van der Waals surface area contributed by atoms with E-state index in [-0.39, 0.29) is 12.2 Å². The number of hydrogen-bond acceptors (Lipinski definition) is 6. The molecule has 0 radical (unpaired) electrons. The monoisotopic (exact) mass is 329 g/mol. The highest BCUT2D eigenvalue weighted by atomic mass is 16.5. The van der Waals surface area contributed by atoms with Crippen LogP contribution in [0.25, 0.3) is 11.5 Å². The lowest BCUT2D eigenvalue weighted by Crippen LogP contribution is -2.37. The summed E-state index contributed by atoms with van der Waals surface area (Å²) in [6.45, 7) is 1.71. The summed E-state index contributed by atoms with van der Waals surface area (Å²) >= 11 is 0. The van der Waals surface area contributed by atoms with Crippen LogP contribution in [0.15, 0.2) is 34.7 Å². The molecular weight excluding hydrogens is 314 g/mol. The SMILES string of the molecule is Cc1oc(-c2ccccc2)nc1C(=O)OCC(=O)N1CCNC1=O. The molecule has 8 heteroatoms. The van der Waals surface area contributed by atoms with E-state index in [2.05, 4.69) is 10.3 Å². The maximum atomic E-state index is 12.1. The summed E-state index contributed by atoms with van der Waals surface area (Å²) < 4.78 is 10.4. The Morgan fingerprint density at radius 2 is 2.08 bits per heavy atom. The maximum absolute atomic E-state index is 12.1. The Balaban J connectivity index is 1.66. The van der Waals surface area contributed by atoms with Crippen LogP contribution in [-0.2, 0) is 9.53 Å². The number of oxazole rings is 1. The quantitative estimate of drug-likeness (QED) is 0.850. The second-order valence-electron chi connectivity index (χ2n) is 5.14. The molecule has 0 aliphatic carbocycles. The molecule has 0 bridgehead atoms. The Kier molecular flexibility index (Phi) is 4.28. The molecule has 1 saturated heterocycles. The van der Waals surface area contributed by atoms with Crippen LogP contribution in [0, 0.1) is 6.92 Å². The second kappa shape index (κ2) is 6.53. The van der Waals surface area contributed by atoms with Gasteiger partial charge in [0, 0.05) is 18.7 Å². The zero-order valence-electron chi connectivity index (χ0n) is 12.9. The molecule has 3 amide bonds. The third-order valence-electron chi connectivity index (χ3n) is 3.50.